The zero-order valence-corrected chi connectivity index (χ0v) is 16.2. The minimum Gasteiger partial charge on any atom is -0.493 e. The van der Waals surface area contributed by atoms with Crippen molar-refractivity contribution in [3.63, 3.8) is 0 Å². The number of carbonyl (C=O) groups is 1. The fraction of sp³-hybridized carbons (Fsp3) is 0.150. The molecule has 3 aromatic rings. The number of benzene rings is 2. The SMILES string of the molecule is COc1ccc(-n2nc(C(=O)Nc3ccc(F)c(F)c3)c(=O)cc2OC)cc1OC. The van der Waals surface area contributed by atoms with Gasteiger partial charge in [-0.2, -0.15) is 9.78 Å². The summed E-state index contributed by atoms with van der Waals surface area (Å²) in [7, 11) is 4.28. The van der Waals surface area contributed by atoms with Crippen LogP contribution in [0.15, 0.2) is 47.3 Å². The van der Waals surface area contributed by atoms with E-state index in [-0.39, 0.29) is 11.6 Å². The van der Waals surface area contributed by atoms with Crippen LogP contribution in [0.3, 0.4) is 0 Å². The van der Waals surface area contributed by atoms with Crippen molar-refractivity contribution in [2.75, 3.05) is 26.6 Å². The van der Waals surface area contributed by atoms with Crippen molar-refractivity contribution in [3.8, 4) is 23.1 Å². The van der Waals surface area contributed by atoms with Crippen molar-refractivity contribution in [3.05, 3.63) is 70.0 Å². The van der Waals surface area contributed by atoms with Gasteiger partial charge in [0, 0.05) is 17.8 Å². The lowest BCUT2D eigenvalue weighted by Gasteiger charge is -2.14. The molecule has 1 aromatic heterocycles. The number of hydrogen-bond donors (Lipinski definition) is 1. The van der Waals surface area contributed by atoms with Gasteiger partial charge in [0.05, 0.1) is 33.1 Å². The second-order valence-electron chi connectivity index (χ2n) is 5.93. The molecule has 0 fully saturated rings. The van der Waals surface area contributed by atoms with Gasteiger partial charge in [-0.25, -0.2) is 8.78 Å². The summed E-state index contributed by atoms with van der Waals surface area (Å²) in [6.45, 7) is 0. The van der Waals surface area contributed by atoms with Crippen LogP contribution in [-0.2, 0) is 0 Å². The Bertz CT molecular complexity index is 1160. The van der Waals surface area contributed by atoms with Gasteiger partial charge in [0.25, 0.3) is 5.91 Å². The normalized spacial score (nSPS) is 10.4. The summed E-state index contributed by atoms with van der Waals surface area (Å²) in [5, 5.41) is 6.40. The first kappa shape index (κ1) is 20.8. The van der Waals surface area contributed by atoms with Crippen LogP contribution in [0.1, 0.15) is 10.5 Å². The van der Waals surface area contributed by atoms with E-state index in [1.54, 1.807) is 18.2 Å². The summed E-state index contributed by atoms with van der Waals surface area (Å²) in [6, 6.07) is 8.72. The maximum atomic E-state index is 13.4. The third-order valence-corrected chi connectivity index (χ3v) is 4.11. The van der Waals surface area contributed by atoms with E-state index in [9.17, 15) is 18.4 Å². The zero-order chi connectivity index (χ0) is 21.8. The number of rotatable bonds is 6. The zero-order valence-electron chi connectivity index (χ0n) is 16.2. The molecule has 0 unspecified atom stereocenters. The highest BCUT2D eigenvalue weighted by atomic mass is 19.2. The molecular formula is C20H17F2N3O5. The number of nitrogens with one attached hydrogen (secondary N) is 1. The quantitative estimate of drug-likeness (QED) is 0.663. The molecule has 0 aliphatic rings. The van der Waals surface area contributed by atoms with Crippen molar-refractivity contribution < 1.29 is 27.8 Å². The first-order valence-electron chi connectivity index (χ1n) is 8.55. The maximum absolute atomic E-state index is 13.4. The van der Waals surface area contributed by atoms with E-state index in [2.05, 4.69) is 10.4 Å². The predicted molar refractivity (Wildman–Crippen MR) is 104 cm³/mol. The number of methoxy groups -OCH3 is 3. The minimum absolute atomic E-state index is 0.0337. The van der Waals surface area contributed by atoms with Gasteiger partial charge < -0.3 is 19.5 Å². The Hall–Kier alpha value is -3.95. The monoisotopic (exact) mass is 417 g/mol. The summed E-state index contributed by atoms with van der Waals surface area (Å²) in [4.78, 5) is 24.9. The molecule has 156 valence electrons. The highest BCUT2D eigenvalue weighted by molar-refractivity contribution is 6.02. The number of amides is 1. The molecule has 0 saturated carbocycles. The Balaban J connectivity index is 2.04. The van der Waals surface area contributed by atoms with Crippen molar-refractivity contribution in [2.45, 2.75) is 0 Å². The van der Waals surface area contributed by atoms with Crippen LogP contribution in [0.4, 0.5) is 14.5 Å². The number of halogens is 2. The molecule has 0 spiro atoms. The molecule has 0 aliphatic heterocycles. The number of carbonyl (C=O) groups excluding carboxylic acids is 1. The Morgan fingerprint density at radius 3 is 2.30 bits per heavy atom. The van der Waals surface area contributed by atoms with Crippen molar-refractivity contribution >= 4 is 11.6 Å². The highest BCUT2D eigenvalue weighted by Gasteiger charge is 2.19. The Labute approximate surface area is 169 Å². The Morgan fingerprint density at radius 2 is 1.67 bits per heavy atom. The van der Waals surface area contributed by atoms with Crippen LogP contribution >= 0.6 is 0 Å². The molecule has 3 rings (SSSR count). The van der Waals surface area contributed by atoms with Gasteiger partial charge in [-0.1, -0.05) is 0 Å². The molecule has 10 heteroatoms. The van der Waals surface area contributed by atoms with Gasteiger partial charge in [-0.3, -0.25) is 9.59 Å². The first-order valence-corrected chi connectivity index (χ1v) is 8.55. The van der Waals surface area contributed by atoms with Crippen LogP contribution in [0.2, 0.25) is 0 Å². The van der Waals surface area contributed by atoms with Gasteiger partial charge >= 0.3 is 0 Å². The molecule has 1 amide bonds. The molecule has 2 aromatic carbocycles. The van der Waals surface area contributed by atoms with Gasteiger partial charge in [0.1, 0.15) is 0 Å². The van der Waals surface area contributed by atoms with Gasteiger partial charge in [0.15, 0.2) is 28.8 Å². The lowest BCUT2D eigenvalue weighted by molar-refractivity contribution is 0.101. The maximum Gasteiger partial charge on any atom is 0.280 e. The lowest BCUT2D eigenvalue weighted by Crippen LogP contribution is -2.26. The summed E-state index contributed by atoms with van der Waals surface area (Å²) in [5.41, 5.74) is -0.807. The summed E-state index contributed by atoms with van der Waals surface area (Å²) >= 11 is 0. The van der Waals surface area contributed by atoms with Crippen LogP contribution in [0.25, 0.3) is 5.69 Å². The molecule has 0 saturated heterocycles. The van der Waals surface area contributed by atoms with E-state index in [4.69, 9.17) is 14.2 Å². The van der Waals surface area contributed by atoms with E-state index in [1.165, 1.54) is 26.0 Å². The number of anilines is 1. The van der Waals surface area contributed by atoms with E-state index >= 15 is 0 Å². The molecule has 0 bridgehead atoms. The van der Waals surface area contributed by atoms with E-state index < -0.39 is 28.7 Å². The second-order valence-corrected chi connectivity index (χ2v) is 5.93. The van der Waals surface area contributed by atoms with Crippen LogP contribution in [0, 0.1) is 11.6 Å². The third kappa shape index (κ3) is 4.07. The van der Waals surface area contributed by atoms with Crippen LogP contribution in [0.5, 0.6) is 17.4 Å². The smallest absolute Gasteiger partial charge is 0.280 e. The topological polar surface area (TPSA) is 91.7 Å². The molecule has 0 atom stereocenters. The summed E-state index contributed by atoms with van der Waals surface area (Å²) < 4.78 is 43.3. The fourth-order valence-electron chi connectivity index (χ4n) is 2.65. The standard InChI is InChI=1S/C20H17F2N3O5/c1-28-16-7-5-12(9-17(16)29-2)25-18(30-3)10-15(26)19(24-25)20(27)23-11-4-6-13(21)14(22)8-11/h4-10H,1-3H3,(H,23,27). The molecule has 1 N–H and O–H groups in total. The van der Waals surface area contributed by atoms with Crippen LogP contribution in [-0.4, -0.2) is 37.0 Å². The van der Waals surface area contributed by atoms with Gasteiger partial charge in [0.2, 0.25) is 11.3 Å². The number of hydrogen-bond acceptors (Lipinski definition) is 6. The Kier molecular flexibility index (Phi) is 5.95. The van der Waals surface area contributed by atoms with Crippen LogP contribution < -0.4 is 25.0 Å². The van der Waals surface area contributed by atoms with Crippen molar-refractivity contribution in [2.24, 2.45) is 0 Å². The van der Waals surface area contributed by atoms with E-state index in [1.807, 2.05) is 0 Å². The van der Waals surface area contributed by atoms with E-state index in [0.29, 0.717) is 17.2 Å². The first-order chi connectivity index (χ1) is 14.4. The van der Waals surface area contributed by atoms with E-state index in [0.717, 1.165) is 24.3 Å². The molecule has 1 heterocycles. The second kappa shape index (κ2) is 8.60. The van der Waals surface area contributed by atoms with Gasteiger partial charge in [-0.05, 0) is 24.3 Å². The minimum atomic E-state index is -1.14. The third-order valence-electron chi connectivity index (χ3n) is 4.11. The average molecular weight is 417 g/mol. The number of ether oxygens (including phenoxy) is 3. The predicted octanol–water partition coefficient (Wildman–Crippen LogP) is 2.79. The molecule has 8 nitrogen and oxygen atoms in total. The molecule has 0 radical (unpaired) electrons. The molecular weight excluding hydrogens is 400 g/mol. The lowest BCUT2D eigenvalue weighted by atomic mass is 10.2. The highest BCUT2D eigenvalue weighted by Crippen LogP contribution is 2.30. The summed E-state index contributed by atoms with van der Waals surface area (Å²) in [6.07, 6.45) is 0. The molecule has 0 aliphatic carbocycles. The average Bonchev–Trinajstić information content (AvgIpc) is 2.75. The summed E-state index contributed by atoms with van der Waals surface area (Å²) in [5.74, 6) is -2.17. The Morgan fingerprint density at radius 1 is 0.933 bits per heavy atom. The largest absolute Gasteiger partial charge is 0.493 e. The number of aromatic nitrogens is 2. The van der Waals surface area contributed by atoms with Gasteiger partial charge in [-0.15, -0.1) is 0 Å². The molecule has 30 heavy (non-hydrogen) atoms. The van der Waals surface area contributed by atoms with Crippen molar-refractivity contribution in [1.82, 2.24) is 9.78 Å². The number of nitrogens with zero attached hydrogens (tertiary/aromatic N) is 2. The van der Waals surface area contributed by atoms with Crippen molar-refractivity contribution in [1.29, 1.82) is 0 Å². The fourth-order valence-corrected chi connectivity index (χ4v) is 2.65.